The van der Waals surface area contributed by atoms with Crippen LogP contribution in [0.3, 0.4) is 0 Å². The second-order valence-corrected chi connectivity index (χ2v) is 4.43. The summed E-state index contributed by atoms with van der Waals surface area (Å²) >= 11 is 0. The zero-order valence-electron chi connectivity index (χ0n) is 10.2. The van der Waals surface area contributed by atoms with Gasteiger partial charge < -0.3 is 15.3 Å². The lowest BCUT2D eigenvalue weighted by Gasteiger charge is -2.34. The van der Waals surface area contributed by atoms with Crippen LogP contribution in [0.2, 0.25) is 0 Å². The summed E-state index contributed by atoms with van der Waals surface area (Å²) in [6.45, 7) is 5.14. The molecular formula is C13H18N2O2. The van der Waals surface area contributed by atoms with E-state index in [2.05, 4.69) is 10.2 Å². The second kappa shape index (κ2) is 4.75. The number of aliphatic hydroxyl groups excluding tert-OH is 1. The van der Waals surface area contributed by atoms with Crippen LogP contribution in [0.5, 0.6) is 0 Å². The van der Waals surface area contributed by atoms with Gasteiger partial charge in [0, 0.05) is 18.8 Å². The molecule has 0 aliphatic carbocycles. The van der Waals surface area contributed by atoms with Gasteiger partial charge in [0.2, 0.25) is 5.91 Å². The van der Waals surface area contributed by atoms with E-state index in [9.17, 15) is 9.90 Å². The number of nitrogens with zero attached hydrogens (tertiary/aromatic N) is 1. The molecule has 1 aliphatic rings. The average Bonchev–Trinajstić information content (AvgIpc) is 2.33. The van der Waals surface area contributed by atoms with Gasteiger partial charge in [-0.1, -0.05) is 12.1 Å². The number of anilines is 1. The van der Waals surface area contributed by atoms with Crippen LogP contribution in [-0.4, -0.2) is 30.1 Å². The van der Waals surface area contributed by atoms with Gasteiger partial charge in [-0.25, -0.2) is 0 Å². The fourth-order valence-corrected chi connectivity index (χ4v) is 2.08. The predicted molar refractivity (Wildman–Crippen MR) is 66.9 cm³/mol. The Morgan fingerprint density at radius 1 is 1.41 bits per heavy atom. The Morgan fingerprint density at radius 2 is 2.06 bits per heavy atom. The maximum atomic E-state index is 11.6. The molecule has 92 valence electrons. The zero-order chi connectivity index (χ0) is 12.4. The van der Waals surface area contributed by atoms with Gasteiger partial charge in [0.05, 0.1) is 6.10 Å². The first-order valence-corrected chi connectivity index (χ1v) is 5.92. The number of piperazine rings is 1. The van der Waals surface area contributed by atoms with E-state index in [1.54, 1.807) is 6.92 Å². The van der Waals surface area contributed by atoms with E-state index in [0.717, 1.165) is 17.8 Å². The van der Waals surface area contributed by atoms with E-state index in [1.807, 2.05) is 31.2 Å². The standard InChI is InChI=1S/C13H18N2O2/c1-9-13(17)14-7-8-15(9)12-5-3-11(4-6-12)10(2)16/h3-6,9-10,16H,7-8H2,1-2H3,(H,14,17)/t9?,10-/m0/s1. The van der Waals surface area contributed by atoms with Crippen LogP contribution in [0, 0.1) is 0 Å². The summed E-state index contributed by atoms with van der Waals surface area (Å²) in [6.07, 6.45) is -0.453. The van der Waals surface area contributed by atoms with Crippen molar-refractivity contribution in [1.82, 2.24) is 5.32 Å². The van der Waals surface area contributed by atoms with Gasteiger partial charge in [-0.05, 0) is 31.5 Å². The van der Waals surface area contributed by atoms with Gasteiger partial charge in [-0.15, -0.1) is 0 Å². The molecule has 2 atom stereocenters. The Hall–Kier alpha value is -1.55. The van der Waals surface area contributed by atoms with Crippen LogP contribution in [0.1, 0.15) is 25.5 Å². The van der Waals surface area contributed by atoms with Crippen molar-refractivity contribution in [3.63, 3.8) is 0 Å². The molecule has 4 heteroatoms. The normalized spacial score (nSPS) is 22.2. The van der Waals surface area contributed by atoms with Crippen molar-refractivity contribution in [2.24, 2.45) is 0 Å². The summed E-state index contributed by atoms with van der Waals surface area (Å²) in [6, 6.07) is 7.58. The third kappa shape index (κ3) is 2.42. The maximum Gasteiger partial charge on any atom is 0.242 e. The molecule has 1 unspecified atom stereocenters. The van der Waals surface area contributed by atoms with Crippen LogP contribution < -0.4 is 10.2 Å². The SMILES string of the molecule is CC1C(=O)NCCN1c1ccc([C@H](C)O)cc1. The van der Waals surface area contributed by atoms with Gasteiger partial charge >= 0.3 is 0 Å². The minimum absolute atomic E-state index is 0.0656. The summed E-state index contributed by atoms with van der Waals surface area (Å²) < 4.78 is 0. The highest BCUT2D eigenvalue weighted by atomic mass is 16.3. The molecule has 0 spiro atoms. The van der Waals surface area contributed by atoms with Gasteiger partial charge in [0.15, 0.2) is 0 Å². The van der Waals surface area contributed by atoms with E-state index in [-0.39, 0.29) is 11.9 Å². The number of amides is 1. The molecule has 1 aliphatic heterocycles. The summed E-state index contributed by atoms with van der Waals surface area (Å²) in [5.41, 5.74) is 1.92. The molecule has 0 saturated carbocycles. The van der Waals surface area contributed by atoms with E-state index in [1.165, 1.54) is 0 Å². The summed E-state index contributed by atoms with van der Waals surface area (Å²) in [5, 5.41) is 12.3. The third-order valence-electron chi connectivity index (χ3n) is 3.21. The van der Waals surface area contributed by atoms with Crippen molar-refractivity contribution >= 4 is 11.6 Å². The Morgan fingerprint density at radius 3 is 2.65 bits per heavy atom. The number of hydrogen-bond acceptors (Lipinski definition) is 3. The smallest absolute Gasteiger partial charge is 0.242 e. The molecule has 1 aromatic rings. The van der Waals surface area contributed by atoms with Gasteiger partial charge in [-0.2, -0.15) is 0 Å². The van der Waals surface area contributed by atoms with Gasteiger partial charge in [0.1, 0.15) is 6.04 Å². The predicted octanol–water partition coefficient (Wildman–Crippen LogP) is 1.06. The molecule has 0 radical (unpaired) electrons. The topological polar surface area (TPSA) is 52.6 Å². The highest BCUT2D eigenvalue weighted by Crippen LogP contribution is 2.21. The average molecular weight is 234 g/mol. The van der Waals surface area contributed by atoms with Crippen LogP contribution >= 0.6 is 0 Å². The summed E-state index contributed by atoms with van der Waals surface area (Å²) in [7, 11) is 0. The molecule has 0 aromatic heterocycles. The Labute approximate surface area is 101 Å². The molecule has 4 nitrogen and oxygen atoms in total. The number of hydrogen-bond donors (Lipinski definition) is 2. The fourth-order valence-electron chi connectivity index (χ4n) is 2.08. The van der Waals surface area contributed by atoms with Gasteiger partial charge in [0.25, 0.3) is 0 Å². The molecule has 2 rings (SSSR count). The first-order valence-electron chi connectivity index (χ1n) is 5.92. The highest BCUT2D eigenvalue weighted by Gasteiger charge is 2.25. The number of benzene rings is 1. The maximum absolute atomic E-state index is 11.6. The van der Waals surface area contributed by atoms with Crippen molar-refractivity contribution in [3.8, 4) is 0 Å². The molecule has 1 aromatic carbocycles. The number of rotatable bonds is 2. The molecule has 1 amide bonds. The monoisotopic (exact) mass is 234 g/mol. The van der Waals surface area contributed by atoms with Crippen molar-refractivity contribution in [1.29, 1.82) is 0 Å². The Balaban J connectivity index is 2.19. The molecule has 17 heavy (non-hydrogen) atoms. The fraction of sp³-hybridized carbons (Fsp3) is 0.462. The highest BCUT2D eigenvalue weighted by molar-refractivity contribution is 5.86. The first kappa shape index (κ1) is 11.9. The lowest BCUT2D eigenvalue weighted by atomic mass is 10.1. The Bertz CT molecular complexity index is 400. The van der Waals surface area contributed by atoms with Crippen molar-refractivity contribution in [3.05, 3.63) is 29.8 Å². The van der Waals surface area contributed by atoms with Crippen LogP contribution in [-0.2, 0) is 4.79 Å². The van der Waals surface area contributed by atoms with Crippen molar-refractivity contribution in [2.45, 2.75) is 26.0 Å². The molecule has 1 saturated heterocycles. The van der Waals surface area contributed by atoms with E-state index >= 15 is 0 Å². The Kier molecular flexibility index (Phi) is 3.33. The molecule has 0 bridgehead atoms. The number of aliphatic hydroxyl groups is 1. The van der Waals surface area contributed by atoms with E-state index < -0.39 is 6.10 Å². The minimum Gasteiger partial charge on any atom is -0.389 e. The van der Waals surface area contributed by atoms with Crippen molar-refractivity contribution < 1.29 is 9.90 Å². The largest absolute Gasteiger partial charge is 0.389 e. The van der Waals surface area contributed by atoms with Crippen molar-refractivity contribution in [2.75, 3.05) is 18.0 Å². The molecule has 1 fully saturated rings. The summed E-state index contributed by atoms with van der Waals surface area (Å²) in [5.74, 6) is 0.0656. The molecule has 2 N–H and O–H groups in total. The van der Waals surface area contributed by atoms with E-state index in [0.29, 0.717) is 6.54 Å². The number of carbonyl (C=O) groups is 1. The number of carbonyl (C=O) groups excluding carboxylic acids is 1. The van der Waals surface area contributed by atoms with Gasteiger partial charge in [-0.3, -0.25) is 4.79 Å². The lowest BCUT2D eigenvalue weighted by Crippen LogP contribution is -2.54. The second-order valence-electron chi connectivity index (χ2n) is 4.43. The quantitative estimate of drug-likeness (QED) is 0.804. The lowest BCUT2D eigenvalue weighted by molar-refractivity contribution is -0.122. The van der Waals surface area contributed by atoms with Crippen LogP contribution in [0.15, 0.2) is 24.3 Å². The third-order valence-corrected chi connectivity index (χ3v) is 3.21. The molecule has 1 heterocycles. The summed E-state index contributed by atoms with van der Waals surface area (Å²) in [4.78, 5) is 13.6. The minimum atomic E-state index is -0.453. The van der Waals surface area contributed by atoms with Crippen LogP contribution in [0.4, 0.5) is 5.69 Å². The van der Waals surface area contributed by atoms with E-state index in [4.69, 9.17) is 0 Å². The first-order chi connectivity index (χ1) is 8.09. The molecular weight excluding hydrogens is 216 g/mol. The van der Waals surface area contributed by atoms with Crippen LogP contribution in [0.25, 0.3) is 0 Å². The number of nitrogens with one attached hydrogen (secondary N) is 1. The zero-order valence-corrected chi connectivity index (χ0v) is 10.2.